The second-order valence-electron chi connectivity index (χ2n) is 7.12. The van der Waals surface area contributed by atoms with Crippen molar-refractivity contribution in [3.8, 4) is 11.5 Å². The molecule has 1 aliphatic rings. The van der Waals surface area contributed by atoms with Gasteiger partial charge in [0.2, 0.25) is 0 Å². The number of carbonyl (C=O) groups is 1. The van der Waals surface area contributed by atoms with E-state index < -0.39 is 0 Å². The number of anilines is 1. The number of esters is 1. The van der Waals surface area contributed by atoms with Crippen LogP contribution in [0.1, 0.15) is 28.5 Å². The molecule has 0 spiro atoms. The van der Waals surface area contributed by atoms with Gasteiger partial charge >= 0.3 is 5.97 Å². The second-order valence-corrected chi connectivity index (χ2v) is 7.12. The van der Waals surface area contributed by atoms with Crippen LogP contribution in [-0.2, 0) is 4.74 Å². The maximum atomic E-state index is 12.3. The number of nitrogens with one attached hydrogen (secondary N) is 2. The van der Waals surface area contributed by atoms with Gasteiger partial charge in [-0.2, -0.15) is 5.10 Å². The van der Waals surface area contributed by atoms with Crippen LogP contribution in [0.15, 0.2) is 60.1 Å². The van der Waals surface area contributed by atoms with Gasteiger partial charge in [-0.15, -0.1) is 0 Å². The molecular weight excluding hydrogens is 410 g/mol. The van der Waals surface area contributed by atoms with Crippen LogP contribution in [0, 0.1) is 6.92 Å². The molecular formula is C22H21N7O3. The van der Waals surface area contributed by atoms with Crippen LogP contribution in [0.25, 0.3) is 5.65 Å². The van der Waals surface area contributed by atoms with Gasteiger partial charge in [0, 0.05) is 24.1 Å². The summed E-state index contributed by atoms with van der Waals surface area (Å²) >= 11 is 0. The lowest BCUT2D eigenvalue weighted by Crippen LogP contribution is -2.31. The number of ether oxygens (including phenoxy) is 2. The fraction of sp³-hybridized carbons (Fsp3) is 0.182. The van der Waals surface area contributed by atoms with Crippen molar-refractivity contribution in [2.45, 2.75) is 13.8 Å². The Kier molecular flexibility index (Phi) is 4.94. The maximum Gasteiger partial charge on any atom is 0.340 e. The molecule has 0 atom stereocenters. The average Bonchev–Trinajstić information content (AvgIpc) is 3.43. The van der Waals surface area contributed by atoms with Gasteiger partial charge in [0.05, 0.1) is 12.2 Å². The van der Waals surface area contributed by atoms with Crippen molar-refractivity contribution in [3.05, 3.63) is 71.9 Å². The number of pyridine rings is 1. The number of aliphatic imine (C=N–C) groups is 1. The van der Waals surface area contributed by atoms with Crippen LogP contribution >= 0.6 is 0 Å². The molecule has 0 fully saturated rings. The highest BCUT2D eigenvalue weighted by Crippen LogP contribution is 2.28. The predicted octanol–water partition coefficient (Wildman–Crippen LogP) is 3.18. The van der Waals surface area contributed by atoms with Crippen molar-refractivity contribution in [3.63, 3.8) is 0 Å². The Morgan fingerprint density at radius 1 is 1.22 bits per heavy atom. The molecule has 4 heterocycles. The Morgan fingerprint density at radius 3 is 2.97 bits per heavy atom. The Hall–Kier alpha value is -4.34. The van der Waals surface area contributed by atoms with E-state index in [1.54, 1.807) is 34.6 Å². The Morgan fingerprint density at radius 2 is 2.12 bits per heavy atom. The largest absolute Gasteiger partial charge is 0.462 e. The number of nitrogens with zero attached hydrogens (tertiary/aromatic N) is 5. The fourth-order valence-electron chi connectivity index (χ4n) is 3.51. The van der Waals surface area contributed by atoms with Gasteiger partial charge in [0.1, 0.15) is 30.2 Å². The summed E-state index contributed by atoms with van der Waals surface area (Å²) in [5.41, 5.74) is 6.66. The smallest absolute Gasteiger partial charge is 0.340 e. The summed E-state index contributed by atoms with van der Waals surface area (Å²) < 4.78 is 14.7. The van der Waals surface area contributed by atoms with Crippen LogP contribution < -0.4 is 15.5 Å². The summed E-state index contributed by atoms with van der Waals surface area (Å²) in [4.78, 5) is 21.0. The Balaban J connectivity index is 1.37. The van der Waals surface area contributed by atoms with E-state index in [1.165, 1.54) is 6.33 Å². The van der Waals surface area contributed by atoms with E-state index in [4.69, 9.17) is 9.47 Å². The molecule has 10 heteroatoms. The van der Waals surface area contributed by atoms with E-state index in [2.05, 4.69) is 25.8 Å². The molecule has 0 radical (unpaired) electrons. The van der Waals surface area contributed by atoms with Crippen molar-refractivity contribution in [2.24, 2.45) is 4.99 Å². The summed E-state index contributed by atoms with van der Waals surface area (Å²) in [5, 5.41) is 7.40. The molecule has 4 aromatic rings. The number of aromatic nitrogens is 4. The fourth-order valence-corrected chi connectivity index (χ4v) is 3.51. The Labute approximate surface area is 183 Å². The van der Waals surface area contributed by atoms with E-state index >= 15 is 0 Å². The number of amidine groups is 1. The average molecular weight is 431 g/mol. The third-order valence-corrected chi connectivity index (χ3v) is 5.00. The molecule has 0 unspecified atom stereocenters. The van der Waals surface area contributed by atoms with Crippen LogP contribution in [0.3, 0.4) is 0 Å². The zero-order chi connectivity index (χ0) is 22.1. The third-order valence-electron chi connectivity index (χ3n) is 5.00. The highest BCUT2D eigenvalue weighted by molar-refractivity contribution is 6.13. The van der Waals surface area contributed by atoms with Crippen molar-refractivity contribution >= 4 is 23.1 Å². The number of hydrogen-bond acceptors (Lipinski definition) is 8. The number of benzene rings is 1. The minimum Gasteiger partial charge on any atom is -0.462 e. The molecule has 1 aliphatic heterocycles. The molecule has 5 rings (SSSR count). The highest BCUT2D eigenvalue weighted by atomic mass is 16.5. The molecule has 0 saturated heterocycles. The maximum absolute atomic E-state index is 12.3. The first-order chi connectivity index (χ1) is 15.6. The van der Waals surface area contributed by atoms with Crippen LogP contribution in [0.5, 0.6) is 11.5 Å². The molecule has 0 bridgehead atoms. The number of aryl methyl sites for hydroxylation is 1. The lowest BCUT2D eigenvalue weighted by Gasteiger charge is -2.20. The quantitative estimate of drug-likeness (QED) is 0.467. The van der Waals surface area contributed by atoms with Gasteiger partial charge in [-0.05, 0) is 49.7 Å². The number of rotatable bonds is 5. The standard InChI is InChI=1S/C22H21N7O3/c1-3-31-22(30)17-7-9-29-20(17)21(24-13-26-29)27-15-4-5-18(14(2)10-15)32-16-6-8-28-19(11-16)23-12-25-28/h4-12,26H,3,13H2,1-2H3,(H,24,27). The van der Waals surface area contributed by atoms with Gasteiger partial charge in [0.15, 0.2) is 11.5 Å². The Bertz CT molecular complexity index is 1340. The molecule has 0 amide bonds. The number of fused-ring (bicyclic) bond motifs is 2. The van der Waals surface area contributed by atoms with Gasteiger partial charge in [-0.25, -0.2) is 19.3 Å². The molecule has 32 heavy (non-hydrogen) atoms. The van der Waals surface area contributed by atoms with Crippen LogP contribution in [-0.4, -0.2) is 44.4 Å². The summed E-state index contributed by atoms with van der Waals surface area (Å²) in [6.45, 7) is 4.44. The highest BCUT2D eigenvalue weighted by Gasteiger charge is 2.24. The normalized spacial score (nSPS) is 12.6. The first-order valence-corrected chi connectivity index (χ1v) is 10.1. The molecule has 2 N–H and O–H groups in total. The zero-order valence-corrected chi connectivity index (χ0v) is 17.6. The topological polar surface area (TPSA) is 107 Å². The monoisotopic (exact) mass is 431 g/mol. The van der Waals surface area contributed by atoms with Gasteiger partial charge < -0.3 is 20.2 Å². The molecule has 0 saturated carbocycles. The lowest BCUT2D eigenvalue weighted by atomic mass is 10.1. The van der Waals surface area contributed by atoms with Gasteiger partial charge in [-0.3, -0.25) is 4.68 Å². The van der Waals surface area contributed by atoms with E-state index in [9.17, 15) is 4.79 Å². The summed E-state index contributed by atoms with van der Waals surface area (Å²) in [5.74, 6) is 1.60. The molecule has 10 nitrogen and oxygen atoms in total. The minimum atomic E-state index is -0.385. The predicted molar refractivity (Wildman–Crippen MR) is 119 cm³/mol. The number of hydrogen-bond donors (Lipinski definition) is 2. The van der Waals surface area contributed by atoms with Crippen molar-refractivity contribution < 1.29 is 14.3 Å². The first kappa shape index (κ1) is 19.6. The van der Waals surface area contributed by atoms with Crippen molar-refractivity contribution in [1.29, 1.82) is 0 Å². The van der Waals surface area contributed by atoms with E-state index in [0.717, 1.165) is 17.0 Å². The lowest BCUT2D eigenvalue weighted by molar-refractivity contribution is 0.0526. The van der Waals surface area contributed by atoms with Gasteiger partial charge in [-0.1, -0.05) is 0 Å². The van der Waals surface area contributed by atoms with Crippen molar-refractivity contribution in [1.82, 2.24) is 19.3 Å². The second kappa shape index (κ2) is 8.06. The summed E-state index contributed by atoms with van der Waals surface area (Å²) in [6.07, 6.45) is 5.08. The zero-order valence-electron chi connectivity index (χ0n) is 17.6. The number of carbonyl (C=O) groups excluding carboxylic acids is 1. The minimum absolute atomic E-state index is 0.307. The molecule has 0 aliphatic carbocycles. The van der Waals surface area contributed by atoms with Crippen molar-refractivity contribution in [2.75, 3.05) is 24.0 Å². The van der Waals surface area contributed by atoms with E-state index in [0.29, 0.717) is 41.8 Å². The van der Waals surface area contributed by atoms with Crippen LogP contribution in [0.2, 0.25) is 0 Å². The summed E-state index contributed by atoms with van der Waals surface area (Å²) in [7, 11) is 0. The third kappa shape index (κ3) is 3.62. The van der Waals surface area contributed by atoms with E-state index in [-0.39, 0.29) is 5.97 Å². The van der Waals surface area contributed by atoms with Crippen LogP contribution in [0.4, 0.5) is 5.69 Å². The van der Waals surface area contributed by atoms with E-state index in [1.807, 2.05) is 37.3 Å². The molecule has 3 aromatic heterocycles. The molecule has 1 aromatic carbocycles. The SMILES string of the molecule is CCOC(=O)c1ccn2c1C(Nc1ccc(Oc3ccn4ncnc4c3)c(C)c1)=NCN2. The first-order valence-electron chi connectivity index (χ1n) is 10.1. The molecule has 162 valence electrons. The van der Waals surface area contributed by atoms with Gasteiger partial charge in [0.25, 0.3) is 0 Å². The summed E-state index contributed by atoms with van der Waals surface area (Å²) in [6, 6.07) is 11.1.